The molecule has 0 radical (unpaired) electrons. The van der Waals surface area contributed by atoms with Crippen molar-refractivity contribution in [1.29, 1.82) is 0 Å². The van der Waals surface area contributed by atoms with Crippen LogP contribution < -0.4 is 4.31 Å². The Morgan fingerprint density at radius 3 is 2.17 bits per heavy atom. The monoisotopic (exact) mass is 338 g/mol. The summed E-state index contributed by atoms with van der Waals surface area (Å²) in [6.07, 6.45) is 4.27. The Labute approximate surface area is 139 Å². The SMILES string of the molecule is CC(C)c1ccc(N(CC(=O)N2CCCCC2)S(C)(=O)=O)cc1. The molecule has 5 nitrogen and oxygen atoms in total. The fraction of sp³-hybridized carbons (Fsp3) is 0.588. The Kier molecular flexibility index (Phi) is 5.68. The maximum Gasteiger partial charge on any atom is 0.243 e. The standard InChI is InChI=1S/C17H26N2O3S/c1-14(2)15-7-9-16(10-8-15)19(23(3,21)22)13-17(20)18-11-5-4-6-12-18/h7-10,14H,4-6,11-13H2,1-3H3. The van der Waals surface area contributed by atoms with E-state index in [0.717, 1.165) is 44.2 Å². The van der Waals surface area contributed by atoms with E-state index >= 15 is 0 Å². The van der Waals surface area contributed by atoms with Gasteiger partial charge in [0.2, 0.25) is 15.9 Å². The highest BCUT2D eigenvalue weighted by Gasteiger charge is 2.24. The quantitative estimate of drug-likeness (QED) is 0.829. The summed E-state index contributed by atoms with van der Waals surface area (Å²) < 4.78 is 25.5. The zero-order chi connectivity index (χ0) is 17.0. The highest BCUT2D eigenvalue weighted by atomic mass is 32.2. The van der Waals surface area contributed by atoms with Crippen molar-refractivity contribution >= 4 is 21.6 Å². The maximum atomic E-state index is 12.4. The second kappa shape index (κ2) is 7.34. The van der Waals surface area contributed by atoms with E-state index in [1.165, 1.54) is 4.31 Å². The van der Waals surface area contributed by atoms with Gasteiger partial charge in [-0.2, -0.15) is 0 Å². The first-order chi connectivity index (χ1) is 10.8. The Morgan fingerprint density at radius 1 is 1.13 bits per heavy atom. The fourth-order valence-corrected chi connectivity index (χ4v) is 3.64. The second-order valence-corrected chi connectivity index (χ2v) is 8.36. The van der Waals surface area contributed by atoms with E-state index in [0.29, 0.717) is 11.6 Å². The molecule has 1 saturated heterocycles. The van der Waals surface area contributed by atoms with E-state index in [4.69, 9.17) is 0 Å². The molecule has 6 heteroatoms. The molecule has 1 aliphatic rings. The molecular formula is C17H26N2O3S. The minimum atomic E-state index is -3.50. The van der Waals surface area contributed by atoms with E-state index in [9.17, 15) is 13.2 Å². The first-order valence-electron chi connectivity index (χ1n) is 8.14. The predicted octanol–water partition coefficient (Wildman–Crippen LogP) is 2.59. The summed E-state index contributed by atoms with van der Waals surface area (Å²) in [5.41, 5.74) is 1.69. The Balaban J connectivity index is 2.18. The molecule has 1 fully saturated rings. The molecule has 0 saturated carbocycles. The lowest BCUT2D eigenvalue weighted by molar-refractivity contribution is -0.130. The second-order valence-electron chi connectivity index (χ2n) is 6.46. The third kappa shape index (κ3) is 4.70. The summed E-state index contributed by atoms with van der Waals surface area (Å²) in [6.45, 7) is 5.50. The number of hydrogen-bond donors (Lipinski definition) is 0. The number of carbonyl (C=O) groups excluding carboxylic acids is 1. The minimum absolute atomic E-state index is 0.122. The highest BCUT2D eigenvalue weighted by Crippen LogP contribution is 2.22. The van der Waals surface area contributed by atoms with Crippen molar-refractivity contribution in [2.45, 2.75) is 39.0 Å². The molecule has 23 heavy (non-hydrogen) atoms. The van der Waals surface area contributed by atoms with E-state index in [-0.39, 0.29) is 12.5 Å². The van der Waals surface area contributed by atoms with Crippen molar-refractivity contribution in [3.8, 4) is 0 Å². The molecule has 1 heterocycles. The summed E-state index contributed by atoms with van der Waals surface area (Å²) in [5.74, 6) is 0.258. The normalized spacial score (nSPS) is 15.7. The first kappa shape index (κ1) is 17.8. The smallest absolute Gasteiger partial charge is 0.243 e. The minimum Gasteiger partial charge on any atom is -0.341 e. The molecule has 0 atom stereocenters. The first-order valence-corrected chi connectivity index (χ1v) is 9.99. The van der Waals surface area contributed by atoms with Crippen molar-refractivity contribution < 1.29 is 13.2 Å². The maximum absolute atomic E-state index is 12.4. The number of rotatable bonds is 5. The summed E-state index contributed by atoms with van der Waals surface area (Å²) in [7, 11) is -3.50. The Bertz CT molecular complexity index is 632. The molecule has 1 aromatic rings. The predicted molar refractivity (Wildman–Crippen MR) is 93.2 cm³/mol. The van der Waals surface area contributed by atoms with E-state index in [1.807, 2.05) is 12.1 Å². The van der Waals surface area contributed by atoms with Crippen LogP contribution >= 0.6 is 0 Å². The van der Waals surface area contributed by atoms with Gasteiger partial charge >= 0.3 is 0 Å². The van der Waals surface area contributed by atoms with E-state index in [2.05, 4.69) is 13.8 Å². The van der Waals surface area contributed by atoms with Crippen LogP contribution in [0.15, 0.2) is 24.3 Å². The molecule has 1 aliphatic heterocycles. The zero-order valence-corrected chi connectivity index (χ0v) is 15.0. The third-order valence-corrected chi connectivity index (χ3v) is 5.38. The molecular weight excluding hydrogens is 312 g/mol. The molecule has 0 aromatic heterocycles. The fourth-order valence-electron chi connectivity index (χ4n) is 2.79. The number of piperidine rings is 1. The van der Waals surface area contributed by atoms with Gasteiger partial charge in [-0.05, 0) is 42.9 Å². The lowest BCUT2D eigenvalue weighted by Gasteiger charge is -2.30. The van der Waals surface area contributed by atoms with Crippen LogP contribution in [0.1, 0.15) is 44.6 Å². The van der Waals surface area contributed by atoms with Crippen LogP contribution in [0.3, 0.4) is 0 Å². The molecule has 0 aliphatic carbocycles. The van der Waals surface area contributed by atoms with Crippen molar-refractivity contribution in [2.75, 3.05) is 30.2 Å². The highest BCUT2D eigenvalue weighted by molar-refractivity contribution is 7.92. The van der Waals surface area contributed by atoms with Crippen LogP contribution in [-0.4, -0.2) is 45.1 Å². The van der Waals surface area contributed by atoms with Crippen molar-refractivity contribution in [3.05, 3.63) is 29.8 Å². The topological polar surface area (TPSA) is 57.7 Å². The van der Waals surface area contributed by atoms with Gasteiger partial charge in [-0.1, -0.05) is 26.0 Å². The number of nitrogens with zero attached hydrogens (tertiary/aromatic N) is 2. The molecule has 0 N–H and O–H groups in total. The van der Waals surface area contributed by atoms with Gasteiger partial charge in [-0.25, -0.2) is 8.42 Å². The van der Waals surface area contributed by atoms with Crippen molar-refractivity contribution in [1.82, 2.24) is 4.90 Å². The summed E-state index contributed by atoms with van der Waals surface area (Å²) in [4.78, 5) is 14.2. The van der Waals surface area contributed by atoms with Gasteiger partial charge in [0.25, 0.3) is 0 Å². The average molecular weight is 338 g/mol. The lowest BCUT2D eigenvalue weighted by atomic mass is 10.0. The summed E-state index contributed by atoms with van der Waals surface area (Å²) >= 11 is 0. The van der Waals surface area contributed by atoms with Crippen molar-refractivity contribution in [2.24, 2.45) is 0 Å². The van der Waals surface area contributed by atoms with E-state index in [1.54, 1.807) is 17.0 Å². The van der Waals surface area contributed by atoms with Gasteiger partial charge in [0, 0.05) is 13.1 Å². The molecule has 0 bridgehead atoms. The van der Waals surface area contributed by atoms with Crippen molar-refractivity contribution in [3.63, 3.8) is 0 Å². The van der Waals surface area contributed by atoms with Crippen LogP contribution in [0, 0.1) is 0 Å². The zero-order valence-electron chi connectivity index (χ0n) is 14.2. The van der Waals surface area contributed by atoms with Crippen LogP contribution in [0.2, 0.25) is 0 Å². The largest absolute Gasteiger partial charge is 0.341 e. The number of anilines is 1. The molecule has 0 unspecified atom stereocenters. The van der Waals surface area contributed by atoms with Crippen LogP contribution in [0.5, 0.6) is 0 Å². The van der Waals surface area contributed by atoms with Gasteiger partial charge in [-0.3, -0.25) is 9.10 Å². The van der Waals surface area contributed by atoms with Crippen LogP contribution in [-0.2, 0) is 14.8 Å². The van der Waals surface area contributed by atoms with E-state index < -0.39 is 10.0 Å². The average Bonchev–Trinajstić information content (AvgIpc) is 2.52. The number of hydrogen-bond acceptors (Lipinski definition) is 3. The molecule has 1 aromatic carbocycles. The van der Waals surface area contributed by atoms with Gasteiger partial charge in [0.15, 0.2) is 0 Å². The number of benzene rings is 1. The lowest BCUT2D eigenvalue weighted by Crippen LogP contribution is -2.44. The Morgan fingerprint density at radius 2 is 1.70 bits per heavy atom. The van der Waals surface area contributed by atoms with Gasteiger partial charge in [0.05, 0.1) is 11.9 Å². The number of likely N-dealkylation sites (tertiary alicyclic amines) is 1. The number of amides is 1. The molecule has 2 rings (SSSR count). The molecule has 0 spiro atoms. The molecule has 128 valence electrons. The number of carbonyl (C=O) groups is 1. The van der Waals surface area contributed by atoms with Crippen LogP contribution in [0.25, 0.3) is 0 Å². The third-order valence-electron chi connectivity index (χ3n) is 4.24. The Hall–Kier alpha value is -1.56. The summed E-state index contributed by atoms with van der Waals surface area (Å²) in [6, 6.07) is 7.40. The van der Waals surface area contributed by atoms with Crippen LogP contribution in [0.4, 0.5) is 5.69 Å². The number of sulfonamides is 1. The van der Waals surface area contributed by atoms with Gasteiger partial charge in [0.1, 0.15) is 6.54 Å². The van der Waals surface area contributed by atoms with Gasteiger partial charge in [-0.15, -0.1) is 0 Å². The summed E-state index contributed by atoms with van der Waals surface area (Å²) in [5, 5.41) is 0. The van der Waals surface area contributed by atoms with Gasteiger partial charge < -0.3 is 4.90 Å². The molecule has 1 amide bonds.